The molecule has 2 aliphatic heterocycles. The third-order valence-corrected chi connectivity index (χ3v) is 5.02. The summed E-state index contributed by atoms with van der Waals surface area (Å²) in [6, 6.07) is 1.47. The molecule has 0 radical (unpaired) electrons. The second-order valence-electron chi connectivity index (χ2n) is 7.08. The van der Waals surface area contributed by atoms with Crippen molar-refractivity contribution in [3.63, 3.8) is 0 Å². The maximum absolute atomic E-state index is 11.7. The Morgan fingerprint density at radius 2 is 2.16 bits per heavy atom. The number of aliphatic hydroxyl groups is 1. The first kappa shape index (κ1) is 18.0. The van der Waals surface area contributed by atoms with Crippen LogP contribution in [0, 0.1) is 6.92 Å². The largest absolute Gasteiger partial charge is 0.388 e. The lowest BCUT2D eigenvalue weighted by molar-refractivity contribution is -0.134. The lowest BCUT2D eigenvalue weighted by Gasteiger charge is -2.42. The Balaban J connectivity index is 1.62. The molecule has 138 valence electrons. The van der Waals surface area contributed by atoms with Gasteiger partial charge >= 0.3 is 0 Å². The Hall–Kier alpha value is -1.77. The van der Waals surface area contributed by atoms with Crippen LogP contribution in [0.3, 0.4) is 0 Å². The molecule has 3 rings (SSSR count). The summed E-state index contributed by atoms with van der Waals surface area (Å²) >= 11 is 0. The predicted molar refractivity (Wildman–Crippen MR) is 91.2 cm³/mol. The van der Waals surface area contributed by atoms with Crippen molar-refractivity contribution in [2.45, 2.75) is 38.4 Å². The molecule has 8 nitrogen and oxygen atoms in total. The number of carbonyl (C=O) groups is 1. The van der Waals surface area contributed by atoms with E-state index in [1.165, 1.54) is 6.07 Å². The van der Waals surface area contributed by atoms with E-state index in [-0.39, 0.29) is 17.6 Å². The number of aromatic nitrogens is 2. The van der Waals surface area contributed by atoms with Gasteiger partial charge in [-0.05, 0) is 19.8 Å². The van der Waals surface area contributed by atoms with E-state index in [0.29, 0.717) is 57.1 Å². The van der Waals surface area contributed by atoms with E-state index in [9.17, 15) is 14.7 Å². The number of hydrogen-bond donors (Lipinski definition) is 2. The lowest BCUT2D eigenvalue weighted by atomic mass is 9.90. The molecule has 0 bridgehead atoms. The molecule has 2 N–H and O–H groups in total. The number of aryl methyl sites for hydroxylation is 1. The molecule has 0 aromatic carbocycles. The van der Waals surface area contributed by atoms with Crippen molar-refractivity contribution in [2.24, 2.45) is 0 Å². The van der Waals surface area contributed by atoms with Crippen molar-refractivity contribution < 1.29 is 14.6 Å². The van der Waals surface area contributed by atoms with E-state index in [2.05, 4.69) is 14.9 Å². The molecule has 1 aromatic heterocycles. The molecule has 1 unspecified atom stereocenters. The molecular weight excluding hydrogens is 324 g/mol. The van der Waals surface area contributed by atoms with Crippen LogP contribution < -0.4 is 5.56 Å². The van der Waals surface area contributed by atoms with Crippen molar-refractivity contribution in [1.82, 2.24) is 19.8 Å². The topological polar surface area (TPSA) is 98.8 Å². The van der Waals surface area contributed by atoms with Gasteiger partial charge in [0.1, 0.15) is 11.9 Å². The van der Waals surface area contributed by atoms with E-state index < -0.39 is 5.60 Å². The number of β-amino-alcohol motifs (C(OH)–C–C–N with tert-alkyl or cyclic N) is 1. The average molecular weight is 350 g/mol. The Bertz CT molecular complexity index is 681. The molecule has 8 heteroatoms. The fraction of sp³-hybridized carbons (Fsp3) is 0.706. The number of nitrogens with zero attached hydrogens (tertiary/aromatic N) is 3. The Kier molecular flexibility index (Phi) is 5.21. The van der Waals surface area contributed by atoms with Gasteiger partial charge in [0.05, 0.1) is 17.9 Å². The van der Waals surface area contributed by atoms with E-state index >= 15 is 0 Å². The van der Waals surface area contributed by atoms with Gasteiger partial charge in [0.25, 0.3) is 5.56 Å². The summed E-state index contributed by atoms with van der Waals surface area (Å²) < 4.78 is 5.78. The monoisotopic (exact) mass is 350 g/mol. The zero-order chi connectivity index (χ0) is 18.0. The van der Waals surface area contributed by atoms with Gasteiger partial charge in [0.15, 0.2) is 0 Å². The number of morpholine rings is 1. The second kappa shape index (κ2) is 7.23. The fourth-order valence-electron chi connectivity index (χ4n) is 3.60. The Morgan fingerprint density at radius 3 is 2.80 bits per heavy atom. The van der Waals surface area contributed by atoms with Gasteiger partial charge in [0, 0.05) is 45.7 Å². The molecule has 0 aliphatic carbocycles. The number of amides is 1. The van der Waals surface area contributed by atoms with Crippen LogP contribution in [0.15, 0.2) is 10.9 Å². The first-order valence-electron chi connectivity index (χ1n) is 8.74. The van der Waals surface area contributed by atoms with E-state index in [1.807, 2.05) is 0 Å². The van der Waals surface area contributed by atoms with Crippen LogP contribution in [0.2, 0.25) is 0 Å². The molecule has 3 heterocycles. The molecule has 25 heavy (non-hydrogen) atoms. The van der Waals surface area contributed by atoms with Gasteiger partial charge < -0.3 is 19.7 Å². The van der Waals surface area contributed by atoms with E-state index in [1.54, 1.807) is 18.7 Å². The van der Waals surface area contributed by atoms with Gasteiger partial charge in [-0.3, -0.25) is 14.5 Å². The lowest BCUT2D eigenvalue weighted by Crippen LogP contribution is -2.53. The maximum atomic E-state index is 11.7. The van der Waals surface area contributed by atoms with Crippen LogP contribution in [-0.2, 0) is 9.53 Å². The molecule has 1 atom stereocenters. The van der Waals surface area contributed by atoms with Crippen LogP contribution in [0.5, 0.6) is 0 Å². The smallest absolute Gasteiger partial charge is 0.251 e. The molecule has 1 amide bonds. The third-order valence-electron chi connectivity index (χ3n) is 5.02. The number of H-pyrrole nitrogens is 1. The minimum Gasteiger partial charge on any atom is -0.388 e. The minimum atomic E-state index is -0.786. The van der Waals surface area contributed by atoms with Crippen LogP contribution in [-0.4, -0.2) is 75.7 Å². The van der Waals surface area contributed by atoms with Crippen molar-refractivity contribution in [3.05, 3.63) is 27.9 Å². The van der Waals surface area contributed by atoms with Crippen molar-refractivity contribution in [2.75, 3.05) is 39.3 Å². The summed E-state index contributed by atoms with van der Waals surface area (Å²) in [7, 11) is 0. The van der Waals surface area contributed by atoms with Gasteiger partial charge in [-0.1, -0.05) is 0 Å². The highest BCUT2D eigenvalue weighted by Gasteiger charge is 2.36. The number of carbonyl (C=O) groups excluding carboxylic acids is 1. The van der Waals surface area contributed by atoms with Gasteiger partial charge in [-0.25, -0.2) is 4.98 Å². The number of likely N-dealkylation sites (tertiary alicyclic amines) is 1. The van der Waals surface area contributed by atoms with Crippen molar-refractivity contribution in [3.8, 4) is 0 Å². The van der Waals surface area contributed by atoms with Gasteiger partial charge in [-0.15, -0.1) is 0 Å². The predicted octanol–water partition coefficient (Wildman–Crippen LogP) is -0.175. The van der Waals surface area contributed by atoms with Crippen molar-refractivity contribution in [1.29, 1.82) is 0 Å². The second-order valence-corrected chi connectivity index (χ2v) is 7.08. The maximum Gasteiger partial charge on any atom is 0.251 e. The molecule has 2 saturated heterocycles. The Morgan fingerprint density at radius 1 is 1.44 bits per heavy atom. The SMILES string of the molecule is CC(=O)N1CCC(O)(CN2CCOC(c3cc(=O)[nH]c(C)n3)C2)CC1. The number of nitrogens with one attached hydrogen (secondary N) is 1. The minimum absolute atomic E-state index is 0.0595. The number of hydrogen-bond acceptors (Lipinski definition) is 6. The molecule has 2 fully saturated rings. The molecule has 0 spiro atoms. The summed E-state index contributed by atoms with van der Waals surface area (Å²) in [5.74, 6) is 0.627. The number of piperidine rings is 1. The number of aromatic amines is 1. The van der Waals surface area contributed by atoms with Crippen LogP contribution in [0.4, 0.5) is 0 Å². The Labute approximate surface area is 146 Å². The molecular formula is C17H26N4O4. The van der Waals surface area contributed by atoms with E-state index in [0.717, 1.165) is 6.54 Å². The van der Waals surface area contributed by atoms with Crippen LogP contribution in [0.25, 0.3) is 0 Å². The van der Waals surface area contributed by atoms with Gasteiger partial charge in [-0.2, -0.15) is 0 Å². The normalized spacial score (nSPS) is 24.3. The van der Waals surface area contributed by atoms with Crippen LogP contribution in [0.1, 0.15) is 37.4 Å². The zero-order valence-corrected chi connectivity index (χ0v) is 14.8. The highest BCUT2D eigenvalue weighted by atomic mass is 16.5. The average Bonchev–Trinajstić information content (AvgIpc) is 2.54. The van der Waals surface area contributed by atoms with Gasteiger partial charge in [0.2, 0.25) is 5.91 Å². The quantitative estimate of drug-likeness (QED) is 0.785. The molecule has 2 aliphatic rings. The fourth-order valence-corrected chi connectivity index (χ4v) is 3.60. The highest BCUT2D eigenvalue weighted by Crippen LogP contribution is 2.26. The van der Waals surface area contributed by atoms with E-state index in [4.69, 9.17) is 4.74 Å². The first-order chi connectivity index (χ1) is 11.8. The number of rotatable bonds is 3. The standard InChI is InChI=1S/C17H26N4O4/c1-12-18-14(9-16(23)19-12)15-10-20(7-8-25-15)11-17(24)3-5-21(6-4-17)13(2)22/h9,15,24H,3-8,10-11H2,1-2H3,(H,18,19,23). The summed E-state index contributed by atoms with van der Waals surface area (Å²) in [5.41, 5.74) is -0.339. The zero-order valence-electron chi connectivity index (χ0n) is 14.8. The summed E-state index contributed by atoms with van der Waals surface area (Å²) in [6.07, 6.45) is 0.893. The summed E-state index contributed by atoms with van der Waals surface area (Å²) in [4.78, 5) is 34.0. The highest BCUT2D eigenvalue weighted by molar-refractivity contribution is 5.73. The first-order valence-corrected chi connectivity index (χ1v) is 8.74. The third kappa shape index (κ3) is 4.45. The summed E-state index contributed by atoms with van der Waals surface area (Å²) in [6.45, 7) is 6.90. The summed E-state index contributed by atoms with van der Waals surface area (Å²) in [5, 5.41) is 10.9. The van der Waals surface area contributed by atoms with Crippen molar-refractivity contribution >= 4 is 5.91 Å². The molecule has 1 aromatic rings. The molecule has 0 saturated carbocycles. The van der Waals surface area contributed by atoms with Crippen LogP contribution >= 0.6 is 0 Å². The number of ether oxygens (including phenoxy) is 1.